The monoisotopic (exact) mass is 363 g/mol. The number of anilines is 1. The normalized spacial score (nSPS) is 11.3. The Morgan fingerprint density at radius 3 is 2.26 bits per heavy atom. The second-order valence-electron chi connectivity index (χ2n) is 7.35. The quantitative estimate of drug-likeness (QED) is 0.736. The van der Waals surface area contributed by atoms with Crippen LogP contribution in [0.25, 0.3) is 10.9 Å². The fourth-order valence-electron chi connectivity index (χ4n) is 3.30. The fraction of sp³-hybridized carbons (Fsp3) is 0.318. The van der Waals surface area contributed by atoms with Gasteiger partial charge in [0.15, 0.2) is 0 Å². The second-order valence-corrected chi connectivity index (χ2v) is 7.35. The molecular weight excluding hydrogens is 338 g/mol. The Bertz CT molecular complexity index is 1010. The van der Waals surface area contributed by atoms with Crippen LogP contribution in [0.15, 0.2) is 53.5 Å². The van der Waals surface area contributed by atoms with Crippen LogP contribution in [0.2, 0.25) is 0 Å². The summed E-state index contributed by atoms with van der Waals surface area (Å²) < 4.78 is 1.57. The SMILES string of the molecule is CC(C)c1cccc(C(C)C)c1NC(=O)Cn1ncc(=O)c2ccccc21. The van der Waals surface area contributed by atoms with Gasteiger partial charge in [-0.1, -0.05) is 58.0 Å². The van der Waals surface area contributed by atoms with E-state index in [4.69, 9.17) is 0 Å². The summed E-state index contributed by atoms with van der Waals surface area (Å²) in [4.78, 5) is 24.8. The predicted molar refractivity (Wildman–Crippen MR) is 109 cm³/mol. The molecule has 0 fully saturated rings. The van der Waals surface area contributed by atoms with Gasteiger partial charge in [0.05, 0.1) is 11.7 Å². The minimum atomic E-state index is -0.161. The zero-order chi connectivity index (χ0) is 19.6. The summed E-state index contributed by atoms with van der Waals surface area (Å²) in [7, 11) is 0. The van der Waals surface area contributed by atoms with Crippen LogP contribution >= 0.6 is 0 Å². The summed E-state index contributed by atoms with van der Waals surface area (Å²) in [6.45, 7) is 8.51. The highest BCUT2D eigenvalue weighted by Crippen LogP contribution is 2.32. The lowest BCUT2D eigenvalue weighted by Gasteiger charge is -2.20. The molecule has 0 atom stereocenters. The first kappa shape index (κ1) is 18.8. The number of benzene rings is 2. The van der Waals surface area contributed by atoms with E-state index in [0.29, 0.717) is 22.7 Å². The van der Waals surface area contributed by atoms with E-state index in [1.165, 1.54) is 6.20 Å². The number of aromatic nitrogens is 2. The fourth-order valence-corrected chi connectivity index (χ4v) is 3.30. The molecule has 3 aromatic rings. The third-order valence-electron chi connectivity index (χ3n) is 4.69. The highest BCUT2D eigenvalue weighted by molar-refractivity contribution is 5.93. The van der Waals surface area contributed by atoms with Gasteiger partial charge in [0.1, 0.15) is 6.54 Å². The Hall–Kier alpha value is -2.95. The lowest BCUT2D eigenvalue weighted by Crippen LogP contribution is -2.23. The van der Waals surface area contributed by atoms with Crippen molar-refractivity contribution in [3.63, 3.8) is 0 Å². The van der Waals surface area contributed by atoms with Crippen molar-refractivity contribution in [1.29, 1.82) is 0 Å². The summed E-state index contributed by atoms with van der Waals surface area (Å²) in [6.07, 6.45) is 1.26. The van der Waals surface area contributed by atoms with E-state index < -0.39 is 0 Å². The largest absolute Gasteiger partial charge is 0.324 e. The molecule has 1 aromatic heterocycles. The van der Waals surface area contributed by atoms with Crippen LogP contribution < -0.4 is 10.7 Å². The highest BCUT2D eigenvalue weighted by atomic mass is 16.2. The van der Waals surface area contributed by atoms with E-state index in [2.05, 4.69) is 50.2 Å². The molecule has 0 saturated carbocycles. The molecule has 0 aliphatic heterocycles. The molecule has 0 aliphatic rings. The summed E-state index contributed by atoms with van der Waals surface area (Å²) in [5.74, 6) is 0.432. The topological polar surface area (TPSA) is 64.0 Å². The van der Waals surface area contributed by atoms with E-state index in [0.717, 1.165) is 16.8 Å². The van der Waals surface area contributed by atoms with Crippen molar-refractivity contribution in [1.82, 2.24) is 9.78 Å². The zero-order valence-corrected chi connectivity index (χ0v) is 16.2. The van der Waals surface area contributed by atoms with Crippen LogP contribution in [0, 0.1) is 0 Å². The van der Waals surface area contributed by atoms with Gasteiger partial charge in [-0.05, 0) is 35.1 Å². The molecular formula is C22H25N3O2. The first-order valence-corrected chi connectivity index (χ1v) is 9.26. The van der Waals surface area contributed by atoms with E-state index in [1.807, 2.05) is 18.2 Å². The van der Waals surface area contributed by atoms with Gasteiger partial charge in [0.2, 0.25) is 11.3 Å². The highest BCUT2D eigenvalue weighted by Gasteiger charge is 2.16. The van der Waals surface area contributed by atoms with Crippen LogP contribution in [-0.4, -0.2) is 15.7 Å². The van der Waals surface area contributed by atoms with Crippen LogP contribution in [0.3, 0.4) is 0 Å². The van der Waals surface area contributed by atoms with Crippen molar-refractivity contribution in [2.75, 3.05) is 5.32 Å². The molecule has 0 spiro atoms. The molecule has 1 amide bonds. The van der Waals surface area contributed by atoms with E-state index in [9.17, 15) is 9.59 Å². The molecule has 1 N–H and O–H groups in total. The maximum atomic E-state index is 12.8. The number of nitrogens with zero attached hydrogens (tertiary/aromatic N) is 2. The van der Waals surface area contributed by atoms with Crippen molar-refractivity contribution in [3.8, 4) is 0 Å². The van der Waals surface area contributed by atoms with E-state index in [1.54, 1.807) is 16.8 Å². The number of amides is 1. The van der Waals surface area contributed by atoms with Gasteiger partial charge in [-0.2, -0.15) is 5.10 Å². The Kier molecular flexibility index (Phi) is 5.40. The smallest absolute Gasteiger partial charge is 0.246 e. The lowest BCUT2D eigenvalue weighted by molar-refractivity contribution is -0.116. The number of fused-ring (bicyclic) bond motifs is 1. The van der Waals surface area contributed by atoms with Gasteiger partial charge in [-0.15, -0.1) is 0 Å². The molecule has 0 aliphatic carbocycles. The van der Waals surface area contributed by atoms with Crippen molar-refractivity contribution in [2.45, 2.75) is 46.1 Å². The average molecular weight is 363 g/mol. The third kappa shape index (κ3) is 3.92. The number of carbonyl (C=O) groups excluding carboxylic acids is 1. The van der Waals surface area contributed by atoms with Gasteiger partial charge in [-0.3, -0.25) is 14.3 Å². The maximum Gasteiger partial charge on any atom is 0.246 e. The summed E-state index contributed by atoms with van der Waals surface area (Å²) in [5, 5.41) is 7.80. The number of nitrogens with one attached hydrogen (secondary N) is 1. The van der Waals surface area contributed by atoms with Crippen molar-refractivity contribution in [3.05, 3.63) is 70.0 Å². The lowest BCUT2D eigenvalue weighted by atomic mass is 9.92. The maximum absolute atomic E-state index is 12.8. The molecule has 2 aromatic carbocycles. The van der Waals surface area contributed by atoms with Crippen LogP contribution in [0.5, 0.6) is 0 Å². The summed E-state index contributed by atoms with van der Waals surface area (Å²) >= 11 is 0. The van der Waals surface area contributed by atoms with Crippen molar-refractivity contribution >= 4 is 22.5 Å². The molecule has 0 saturated heterocycles. The minimum Gasteiger partial charge on any atom is -0.324 e. The van der Waals surface area contributed by atoms with Gasteiger partial charge in [-0.25, -0.2) is 0 Å². The number of hydrogen-bond donors (Lipinski definition) is 1. The molecule has 5 nitrogen and oxygen atoms in total. The molecule has 0 unspecified atom stereocenters. The Morgan fingerprint density at radius 2 is 1.63 bits per heavy atom. The first-order valence-electron chi connectivity index (χ1n) is 9.26. The van der Waals surface area contributed by atoms with Crippen LogP contribution in [0.1, 0.15) is 50.7 Å². The summed E-state index contributed by atoms with van der Waals surface area (Å²) in [6, 6.07) is 13.3. The second kappa shape index (κ2) is 7.74. The van der Waals surface area contributed by atoms with Gasteiger partial charge in [0, 0.05) is 11.1 Å². The molecule has 3 rings (SSSR count). The van der Waals surface area contributed by atoms with Gasteiger partial charge in [0.25, 0.3) is 0 Å². The molecule has 0 radical (unpaired) electrons. The van der Waals surface area contributed by atoms with Crippen molar-refractivity contribution in [2.24, 2.45) is 0 Å². The molecule has 140 valence electrons. The number of rotatable bonds is 5. The molecule has 0 bridgehead atoms. The van der Waals surface area contributed by atoms with Gasteiger partial charge >= 0.3 is 0 Å². The molecule has 27 heavy (non-hydrogen) atoms. The van der Waals surface area contributed by atoms with E-state index >= 15 is 0 Å². The number of hydrogen-bond acceptors (Lipinski definition) is 3. The zero-order valence-electron chi connectivity index (χ0n) is 16.2. The first-order chi connectivity index (χ1) is 12.9. The minimum absolute atomic E-state index is 0.0464. The molecule has 5 heteroatoms. The predicted octanol–water partition coefficient (Wildman–Crippen LogP) is 4.28. The Morgan fingerprint density at radius 1 is 1.00 bits per heavy atom. The third-order valence-corrected chi connectivity index (χ3v) is 4.69. The van der Waals surface area contributed by atoms with Crippen LogP contribution in [0.4, 0.5) is 5.69 Å². The number of para-hydroxylation sites is 2. The Labute approximate surface area is 159 Å². The molecule has 1 heterocycles. The number of carbonyl (C=O) groups is 1. The van der Waals surface area contributed by atoms with Crippen molar-refractivity contribution < 1.29 is 4.79 Å². The average Bonchev–Trinajstić information content (AvgIpc) is 2.64. The Balaban J connectivity index is 1.94. The summed E-state index contributed by atoms with van der Waals surface area (Å²) in [5.41, 5.74) is 3.63. The standard InChI is InChI=1S/C22H25N3O2/c1-14(2)16-9-7-10-17(15(3)4)22(16)24-21(27)13-25-19-11-6-5-8-18(19)20(26)12-23-25/h5-12,14-15H,13H2,1-4H3,(H,24,27). The van der Waals surface area contributed by atoms with E-state index in [-0.39, 0.29) is 17.9 Å². The van der Waals surface area contributed by atoms with Crippen LogP contribution in [-0.2, 0) is 11.3 Å². The van der Waals surface area contributed by atoms with Gasteiger partial charge < -0.3 is 5.32 Å².